The molecule has 0 fully saturated rings. The van der Waals surface area contributed by atoms with Gasteiger partial charge in [0.25, 0.3) is 0 Å². The third-order valence-corrected chi connectivity index (χ3v) is 4.95. The van der Waals surface area contributed by atoms with Gasteiger partial charge in [0.1, 0.15) is 6.33 Å². The largest absolute Gasteiger partial charge is 0.350 e. The van der Waals surface area contributed by atoms with Crippen LogP contribution in [0.15, 0.2) is 58.4 Å². The molecule has 0 saturated heterocycles. The number of allylic oxidation sites excluding steroid dienone is 2. The first kappa shape index (κ1) is 18.8. The lowest BCUT2D eigenvalue weighted by Gasteiger charge is -2.14. The molecule has 0 radical (unpaired) electrons. The molecular formula is C16H20N4O4S. The van der Waals surface area contributed by atoms with E-state index in [1.54, 1.807) is 19.1 Å². The van der Waals surface area contributed by atoms with Crippen LogP contribution in [0.5, 0.6) is 0 Å². The minimum Gasteiger partial charge on any atom is -0.280 e. The van der Waals surface area contributed by atoms with Crippen molar-refractivity contribution in [3.05, 3.63) is 75.3 Å². The summed E-state index contributed by atoms with van der Waals surface area (Å²) in [4.78, 5) is 27.8. The summed E-state index contributed by atoms with van der Waals surface area (Å²) in [5.74, 6) is -0.0561. The molecule has 0 spiro atoms. The molecule has 9 heteroatoms. The van der Waals surface area contributed by atoms with Crippen LogP contribution in [0.1, 0.15) is 24.9 Å². The summed E-state index contributed by atoms with van der Waals surface area (Å²) in [6.45, 7) is 1.99. The molecule has 0 aliphatic heterocycles. The lowest BCUT2D eigenvalue weighted by atomic mass is 10.1. The number of hydrogen-bond acceptors (Lipinski definition) is 5. The van der Waals surface area contributed by atoms with Crippen molar-refractivity contribution in [2.75, 3.05) is 5.75 Å². The molecule has 0 saturated carbocycles. The number of hydrogen-bond donors (Lipinski definition) is 2. The summed E-state index contributed by atoms with van der Waals surface area (Å²) in [6.07, 6.45) is 4.77. The number of sulfonamides is 1. The van der Waals surface area contributed by atoms with Gasteiger partial charge in [0.05, 0.1) is 5.75 Å². The summed E-state index contributed by atoms with van der Waals surface area (Å²) < 4.78 is 28.0. The molecule has 1 aromatic carbocycles. The summed E-state index contributed by atoms with van der Waals surface area (Å²) >= 11 is 0. The molecule has 25 heavy (non-hydrogen) atoms. The predicted molar refractivity (Wildman–Crippen MR) is 94.7 cm³/mol. The van der Waals surface area contributed by atoms with Gasteiger partial charge in [-0.1, -0.05) is 42.5 Å². The van der Waals surface area contributed by atoms with Crippen molar-refractivity contribution in [3.63, 3.8) is 0 Å². The van der Waals surface area contributed by atoms with Crippen molar-refractivity contribution < 1.29 is 8.42 Å². The Morgan fingerprint density at radius 2 is 1.96 bits per heavy atom. The number of rotatable bonds is 8. The summed E-state index contributed by atoms with van der Waals surface area (Å²) in [7, 11) is -3.42. The minimum absolute atomic E-state index is 0.0561. The summed E-state index contributed by atoms with van der Waals surface area (Å²) in [5, 5.41) is 0. The maximum absolute atomic E-state index is 12.1. The van der Waals surface area contributed by atoms with Crippen LogP contribution in [0, 0.1) is 0 Å². The molecule has 134 valence electrons. The molecule has 2 N–H and O–H groups in total. The average Bonchev–Trinajstić information content (AvgIpc) is 2.56. The smallest absolute Gasteiger partial charge is 0.280 e. The average molecular weight is 364 g/mol. The third kappa shape index (κ3) is 6.12. The highest BCUT2D eigenvalue weighted by Crippen LogP contribution is 2.12. The van der Waals surface area contributed by atoms with Crippen LogP contribution >= 0.6 is 0 Å². The highest BCUT2D eigenvalue weighted by Gasteiger charge is 2.14. The quantitative estimate of drug-likeness (QED) is 0.664. The molecule has 1 aromatic heterocycles. The Morgan fingerprint density at radius 3 is 2.64 bits per heavy atom. The fourth-order valence-electron chi connectivity index (χ4n) is 2.17. The highest BCUT2D eigenvalue weighted by molar-refractivity contribution is 7.89. The van der Waals surface area contributed by atoms with E-state index in [1.807, 2.05) is 35.3 Å². The van der Waals surface area contributed by atoms with E-state index in [2.05, 4.69) is 9.71 Å². The lowest BCUT2D eigenvalue weighted by molar-refractivity contribution is 0.566. The zero-order chi connectivity index (χ0) is 18.3. The van der Waals surface area contributed by atoms with Crippen LogP contribution in [0.2, 0.25) is 0 Å². The first-order valence-electron chi connectivity index (χ1n) is 7.73. The van der Waals surface area contributed by atoms with Gasteiger partial charge in [0.2, 0.25) is 10.0 Å². The van der Waals surface area contributed by atoms with Gasteiger partial charge < -0.3 is 0 Å². The number of aromatic nitrogens is 3. The second-order valence-electron chi connectivity index (χ2n) is 5.46. The second-order valence-corrected chi connectivity index (χ2v) is 7.33. The van der Waals surface area contributed by atoms with Gasteiger partial charge in [-0.15, -0.1) is 0 Å². The van der Waals surface area contributed by atoms with Gasteiger partial charge in [-0.05, 0) is 18.9 Å². The molecule has 0 amide bonds. The molecule has 0 unspecified atom stereocenters. The summed E-state index contributed by atoms with van der Waals surface area (Å²) in [6, 6.07) is 9.01. The van der Waals surface area contributed by atoms with Gasteiger partial charge in [0.15, 0.2) is 0 Å². The van der Waals surface area contributed by atoms with Gasteiger partial charge in [0, 0.05) is 12.6 Å². The zero-order valence-electron chi connectivity index (χ0n) is 13.8. The first-order chi connectivity index (χ1) is 11.9. The van der Waals surface area contributed by atoms with Crippen molar-refractivity contribution in [2.24, 2.45) is 0 Å². The van der Waals surface area contributed by atoms with E-state index in [9.17, 15) is 18.0 Å². The maximum Gasteiger partial charge on any atom is 0.350 e. The van der Waals surface area contributed by atoms with E-state index in [0.717, 1.165) is 11.9 Å². The van der Waals surface area contributed by atoms with Gasteiger partial charge in [-0.2, -0.15) is 4.98 Å². The molecule has 2 rings (SSSR count). The molecule has 1 heterocycles. The standard InChI is InChI=1S/C16H20N4O4S/c1-13(14-8-4-2-5-9-14)19-25(23,24)11-7-3-6-10-20-12-17-15(21)18-16(20)22/h2-6,8-9,12-13,19H,7,10-11H2,1H3,(H,18,21,22)/b6-3-/t13-/m1/s1. The number of benzene rings is 1. The number of nitrogens with one attached hydrogen (secondary N) is 2. The molecule has 2 aromatic rings. The summed E-state index contributed by atoms with van der Waals surface area (Å²) in [5.41, 5.74) is -0.364. The Labute approximate surface area is 145 Å². The van der Waals surface area contributed by atoms with Crippen LogP contribution in [-0.4, -0.2) is 28.7 Å². The predicted octanol–water partition coefficient (Wildman–Crippen LogP) is 0.558. The van der Waals surface area contributed by atoms with Crippen LogP contribution in [0.3, 0.4) is 0 Å². The van der Waals surface area contributed by atoms with E-state index in [4.69, 9.17) is 0 Å². The third-order valence-electron chi connectivity index (χ3n) is 3.47. The Kier molecular flexibility index (Phi) is 6.43. The Bertz CT molecular complexity index is 932. The number of nitrogens with zero attached hydrogens (tertiary/aromatic N) is 2. The van der Waals surface area contributed by atoms with Crippen LogP contribution in [0.25, 0.3) is 0 Å². The van der Waals surface area contributed by atoms with Crippen molar-refractivity contribution >= 4 is 10.0 Å². The fourth-order valence-corrected chi connectivity index (χ4v) is 3.41. The molecule has 8 nitrogen and oxygen atoms in total. The van der Waals surface area contributed by atoms with Crippen molar-refractivity contribution in [3.8, 4) is 0 Å². The van der Waals surface area contributed by atoms with Gasteiger partial charge >= 0.3 is 11.4 Å². The Balaban J connectivity index is 1.83. The van der Waals surface area contributed by atoms with Crippen LogP contribution < -0.4 is 16.1 Å². The van der Waals surface area contributed by atoms with Gasteiger partial charge in [-0.3, -0.25) is 9.55 Å². The lowest BCUT2D eigenvalue weighted by Crippen LogP contribution is -2.30. The molecule has 0 bridgehead atoms. The number of aromatic amines is 1. The van der Waals surface area contributed by atoms with E-state index >= 15 is 0 Å². The fraction of sp³-hybridized carbons (Fsp3) is 0.312. The molecule has 1 atom stereocenters. The normalized spacial score (nSPS) is 13.2. The van der Waals surface area contributed by atoms with E-state index < -0.39 is 21.4 Å². The highest BCUT2D eigenvalue weighted by atomic mass is 32.2. The van der Waals surface area contributed by atoms with Crippen molar-refractivity contribution in [1.82, 2.24) is 19.3 Å². The van der Waals surface area contributed by atoms with Crippen LogP contribution in [0.4, 0.5) is 0 Å². The molecular weight excluding hydrogens is 344 g/mol. The molecule has 0 aliphatic rings. The second kappa shape index (κ2) is 8.54. The Morgan fingerprint density at radius 1 is 1.24 bits per heavy atom. The topological polar surface area (TPSA) is 114 Å². The molecule has 0 aliphatic carbocycles. The van der Waals surface area contributed by atoms with Crippen LogP contribution in [-0.2, 0) is 16.6 Å². The minimum atomic E-state index is -3.42. The van der Waals surface area contributed by atoms with E-state index in [0.29, 0.717) is 6.42 Å². The maximum atomic E-state index is 12.1. The van der Waals surface area contributed by atoms with E-state index in [-0.39, 0.29) is 18.3 Å². The van der Waals surface area contributed by atoms with Gasteiger partial charge in [-0.25, -0.2) is 22.7 Å². The van der Waals surface area contributed by atoms with Crippen molar-refractivity contribution in [2.45, 2.75) is 25.9 Å². The zero-order valence-corrected chi connectivity index (χ0v) is 14.6. The number of H-pyrrole nitrogens is 1. The SMILES string of the molecule is C[C@@H](NS(=O)(=O)CC/C=C\Cn1cnc(=O)[nH]c1=O)c1ccccc1. The van der Waals surface area contributed by atoms with E-state index in [1.165, 1.54) is 4.57 Å². The van der Waals surface area contributed by atoms with Crippen molar-refractivity contribution in [1.29, 1.82) is 0 Å². The first-order valence-corrected chi connectivity index (χ1v) is 9.38. The Hall–Kier alpha value is -2.52. The monoisotopic (exact) mass is 364 g/mol.